The van der Waals surface area contributed by atoms with Gasteiger partial charge in [0.05, 0.1) is 16.3 Å². The number of amides is 3. The number of halogens is 4. The Morgan fingerprint density at radius 3 is 2.53 bits per heavy atom. The minimum atomic E-state index is -4.66. The molecule has 0 bridgehead atoms. The van der Waals surface area contributed by atoms with Gasteiger partial charge in [0.15, 0.2) is 0 Å². The third kappa shape index (κ3) is 6.13. The van der Waals surface area contributed by atoms with Crippen molar-refractivity contribution in [2.75, 3.05) is 17.7 Å². The maximum Gasteiger partial charge on any atom is 0.417 e. The molecule has 12 heteroatoms. The van der Waals surface area contributed by atoms with E-state index in [0.29, 0.717) is 23.4 Å². The first-order valence-electron chi connectivity index (χ1n) is 9.90. The van der Waals surface area contributed by atoms with E-state index in [0.717, 1.165) is 12.1 Å². The highest BCUT2D eigenvalue weighted by Gasteiger charge is 2.33. The van der Waals surface area contributed by atoms with Crippen LogP contribution in [0.2, 0.25) is 5.02 Å². The van der Waals surface area contributed by atoms with Crippen LogP contribution in [-0.2, 0) is 12.6 Å². The number of aryl methyl sites for hydroxylation is 1. The first kappa shape index (κ1) is 24.8. The number of nitrogens with one attached hydrogen (secondary N) is 3. The van der Waals surface area contributed by atoms with E-state index in [2.05, 4.69) is 25.9 Å². The number of ether oxygens (including phenoxy) is 1. The van der Waals surface area contributed by atoms with Crippen LogP contribution in [0.5, 0.6) is 11.6 Å². The smallest absolute Gasteiger partial charge is 0.417 e. The molecule has 0 fully saturated rings. The van der Waals surface area contributed by atoms with E-state index in [1.54, 1.807) is 0 Å². The SMILES string of the molecule is CCc1cnc(Oc2ccnc(C(=O)NC)c2)cc1NC(=O)Nc1ccc(Cl)c(C(F)(F)F)c1. The fourth-order valence-corrected chi connectivity index (χ4v) is 3.10. The molecular formula is C22H19ClF3N5O3. The highest BCUT2D eigenvalue weighted by atomic mass is 35.5. The van der Waals surface area contributed by atoms with E-state index in [-0.39, 0.29) is 17.3 Å². The zero-order valence-corrected chi connectivity index (χ0v) is 18.7. The summed E-state index contributed by atoms with van der Waals surface area (Å²) < 4.78 is 44.9. The molecule has 34 heavy (non-hydrogen) atoms. The fraction of sp³-hybridized carbons (Fsp3) is 0.182. The van der Waals surface area contributed by atoms with Gasteiger partial charge >= 0.3 is 12.2 Å². The average Bonchev–Trinajstić information content (AvgIpc) is 2.79. The van der Waals surface area contributed by atoms with Crippen LogP contribution in [0, 0.1) is 0 Å². The van der Waals surface area contributed by atoms with Crippen molar-refractivity contribution >= 4 is 34.9 Å². The van der Waals surface area contributed by atoms with E-state index in [1.165, 1.54) is 43.7 Å². The molecule has 0 aliphatic rings. The molecule has 0 aliphatic heterocycles. The first-order chi connectivity index (χ1) is 16.1. The van der Waals surface area contributed by atoms with Crippen molar-refractivity contribution < 1.29 is 27.5 Å². The highest BCUT2D eigenvalue weighted by molar-refractivity contribution is 6.31. The van der Waals surface area contributed by atoms with Crippen LogP contribution in [-0.4, -0.2) is 29.0 Å². The van der Waals surface area contributed by atoms with Gasteiger partial charge in [0.1, 0.15) is 11.4 Å². The van der Waals surface area contributed by atoms with Crippen LogP contribution < -0.4 is 20.7 Å². The summed E-state index contributed by atoms with van der Waals surface area (Å²) in [5, 5.41) is 6.92. The van der Waals surface area contributed by atoms with Crippen LogP contribution in [0.3, 0.4) is 0 Å². The molecule has 178 valence electrons. The Kier molecular flexibility index (Phi) is 7.57. The topological polar surface area (TPSA) is 105 Å². The number of anilines is 2. The lowest BCUT2D eigenvalue weighted by atomic mass is 10.2. The molecule has 0 radical (unpaired) electrons. The molecule has 0 atom stereocenters. The van der Waals surface area contributed by atoms with Crippen molar-refractivity contribution in [1.82, 2.24) is 15.3 Å². The van der Waals surface area contributed by atoms with Gasteiger partial charge in [0, 0.05) is 37.3 Å². The van der Waals surface area contributed by atoms with Gasteiger partial charge in [-0.3, -0.25) is 9.78 Å². The molecule has 2 aromatic heterocycles. The lowest BCUT2D eigenvalue weighted by Gasteiger charge is -2.14. The van der Waals surface area contributed by atoms with Gasteiger partial charge in [0.2, 0.25) is 5.88 Å². The van der Waals surface area contributed by atoms with Gasteiger partial charge in [-0.15, -0.1) is 0 Å². The van der Waals surface area contributed by atoms with Gasteiger partial charge < -0.3 is 20.7 Å². The fourth-order valence-electron chi connectivity index (χ4n) is 2.87. The van der Waals surface area contributed by atoms with Crippen LogP contribution in [0.4, 0.5) is 29.3 Å². The van der Waals surface area contributed by atoms with E-state index >= 15 is 0 Å². The van der Waals surface area contributed by atoms with E-state index in [4.69, 9.17) is 16.3 Å². The average molecular weight is 494 g/mol. The predicted molar refractivity (Wildman–Crippen MR) is 120 cm³/mol. The Morgan fingerprint density at radius 1 is 1.09 bits per heavy atom. The van der Waals surface area contributed by atoms with E-state index in [1.807, 2.05) is 6.92 Å². The standard InChI is InChI=1S/C22H19ClF3N5O3/c1-3-12-11-29-19(34-14-6-7-28-18(9-14)20(32)27-2)10-17(12)31-21(33)30-13-4-5-16(23)15(8-13)22(24,25)26/h4-11H,3H2,1-2H3,(H,27,32)(H2,29,30,31,33). The lowest BCUT2D eigenvalue weighted by Crippen LogP contribution is -2.21. The summed E-state index contributed by atoms with van der Waals surface area (Å²) in [5.74, 6) is 0.0173. The predicted octanol–water partition coefficient (Wildman–Crippen LogP) is 5.51. The van der Waals surface area contributed by atoms with Gasteiger partial charge in [-0.1, -0.05) is 18.5 Å². The monoisotopic (exact) mass is 493 g/mol. The molecule has 0 unspecified atom stereocenters. The number of carbonyl (C=O) groups excluding carboxylic acids is 2. The Labute approximate surface area is 197 Å². The Bertz CT molecular complexity index is 1220. The highest BCUT2D eigenvalue weighted by Crippen LogP contribution is 2.36. The van der Waals surface area contributed by atoms with Gasteiger partial charge in [-0.2, -0.15) is 13.2 Å². The van der Waals surface area contributed by atoms with Crippen molar-refractivity contribution in [3.8, 4) is 11.6 Å². The zero-order valence-electron chi connectivity index (χ0n) is 18.0. The van der Waals surface area contributed by atoms with Crippen LogP contribution in [0.15, 0.2) is 48.8 Å². The molecule has 1 aromatic carbocycles. The van der Waals surface area contributed by atoms with Gasteiger partial charge in [0.25, 0.3) is 5.91 Å². The van der Waals surface area contributed by atoms with Crippen LogP contribution in [0.25, 0.3) is 0 Å². The Balaban J connectivity index is 1.78. The summed E-state index contributed by atoms with van der Waals surface area (Å²) in [5.41, 5.74) is 0.000606. The quantitative estimate of drug-likeness (QED) is 0.420. The molecular weight excluding hydrogens is 475 g/mol. The molecule has 0 saturated carbocycles. The number of rotatable bonds is 6. The summed E-state index contributed by atoms with van der Waals surface area (Å²) in [7, 11) is 1.47. The maximum atomic E-state index is 13.1. The van der Waals surface area contributed by atoms with Gasteiger partial charge in [-0.25, -0.2) is 9.78 Å². The third-order valence-electron chi connectivity index (χ3n) is 4.53. The van der Waals surface area contributed by atoms with Crippen molar-refractivity contribution in [3.05, 3.63) is 70.6 Å². The molecule has 3 amide bonds. The second-order valence-corrected chi connectivity index (χ2v) is 7.27. The molecule has 3 N–H and O–H groups in total. The zero-order chi connectivity index (χ0) is 24.9. The molecule has 2 heterocycles. The number of carbonyl (C=O) groups is 2. The number of urea groups is 1. The molecule has 0 saturated heterocycles. The maximum absolute atomic E-state index is 13.1. The number of alkyl halides is 3. The normalized spacial score (nSPS) is 11.0. The molecule has 3 rings (SSSR count). The minimum absolute atomic E-state index is 0.0867. The molecule has 8 nitrogen and oxygen atoms in total. The lowest BCUT2D eigenvalue weighted by molar-refractivity contribution is -0.137. The van der Waals surface area contributed by atoms with Crippen molar-refractivity contribution in [1.29, 1.82) is 0 Å². The summed E-state index contributed by atoms with van der Waals surface area (Å²) in [4.78, 5) is 32.4. The summed E-state index contributed by atoms with van der Waals surface area (Å²) in [6.07, 6.45) is -1.26. The Hall–Kier alpha value is -3.86. The van der Waals surface area contributed by atoms with Crippen molar-refractivity contribution in [2.45, 2.75) is 19.5 Å². The van der Waals surface area contributed by atoms with Crippen LogP contribution >= 0.6 is 11.6 Å². The van der Waals surface area contributed by atoms with Crippen LogP contribution in [0.1, 0.15) is 28.5 Å². The third-order valence-corrected chi connectivity index (χ3v) is 4.86. The molecule has 3 aromatic rings. The number of benzene rings is 1. The number of nitrogens with zero attached hydrogens (tertiary/aromatic N) is 2. The molecule has 0 spiro atoms. The minimum Gasteiger partial charge on any atom is -0.439 e. The number of pyridine rings is 2. The Morgan fingerprint density at radius 2 is 1.85 bits per heavy atom. The van der Waals surface area contributed by atoms with Gasteiger partial charge in [-0.05, 0) is 36.2 Å². The van der Waals surface area contributed by atoms with E-state index < -0.39 is 28.7 Å². The van der Waals surface area contributed by atoms with E-state index in [9.17, 15) is 22.8 Å². The summed E-state index contributed by atoms with van der Waals surface area (Å²) in [6, 6.07) is 6.70. The van der Waals surface area contributed by atoms with Crippen molar-refractivity contribution in [2.24, 2.45) is 0 Å². The van der Waals surface area contributed by atoms with Crippen molar-refractivity contribution in [3.63, 3.8) is 0 Å². The summed E-state index contributed by atoms with van der Waals surface area (Å²) >= 11 is 5.61. The number of hydrogen-bond acceptors (Lipinski definition) is 5. The summed E-state index contributed by atoms with van der Waals surface area (Å²) in [6.45, 7) is 1.84. The molecule has 0 aliphatic carbocycles. The number of hydrogen-bond donors (Lipinski definition) is 3. The first-order valence-corrected chi connectivity index (χ1v) is 10.3. The largest absolute Gasteiger partial charge is 0.439 e. The number of aromatic nitrogens is 2. The second kappa shape index (κ2) is 10.4. The second-order valence-electron chi connectivity index (χ2n) is 6.86.